The summed E-state index contributed by atoms with van der Waals surface area (Å²) in [4.78, 5) is 20.9. The van der Waals surface area contributed by atoms with Gasteiger partial charge in [-0.1, -0.05) is 22.0 Å². The van der Waals surface area contributed by atoms with Gasteiger partial charge >= 0.3 is 5.97 Å². The van der Waals surface area contributed by atoms with Crippen molar-refractivity contribution in [3.05, 3.63) is 38.3 Å². The van der Waals surface area contributed by atoms with Crippen LogP contribution < -0.4 is 0 Å². The molecular formula is C10H10BrNO4. The van der Waals surface area contributed by atoms with Gasteiger partial charge in [0.05, 0.1) is 12.0 Å². The van der Waals surface area contributed by atoms with Gasteiger partial charge in [0.1, 0.15) is 0 Å². The zero-order valence-corrected chi connectivity index (χ0v) is 10.2. The Balaban J connectivity index is 2.75. The zero-order valence-electron chi connectivity index (χ0n) is 8.60. The second kappa shape index (κ2) is 5.60. The molecule has 0 bridgehead atoms. The quantitative estimate of drug-likeness (QED) is 0.485. The van der Waals surface area contributed by atoms with E-state index in [4.69, 9.17) is 0 Å². The van der Waals surface area contributed by atoms with Crippen molar-refractivity contribution in [1.29, 1.82) is 0 Å². The molecule has 0 spiro atoms. The Morgan fingerprint density at radius 1 is 1.56 bits per heavy atom. The second-order valence-corrected chi connectivity index (χ2v) is 3.96. The summed E-state index contributed by atoms with van der Waals surface area (Å²) in [5, 5.41) is 10.5. The fraction of sp³-hybridized carbons (Fsp3) is 0.300. The van der Waals surface area contributed by atoms with Crippen LogP contribution in [0.1, 0.15) is 12.0 Å². The molecule has 0 fully saturated rings. The zero-order chi connectivity index (χ0) is 12.1. The first kappa shape index (κ1) is 12.6. The molecule has 86 valence electrons. The summed E-state index contributed by atoms with van der Waals surface area (Å²) in [5.41, 5.74) is 0.865. The number of methoxy groups -OCH3 is 1. The van der Waals surface area contributed by atoms with Gasteiger partial charge in [0.2, 0.25) is 0 Å². The molecule has 0 aromatic heterocycles. The van der Waals surface area contributed by atoms with Crippen LogP contribution in [0.4, 0.5) is 5.69 Å². The van der Waals surface area contributed by atoms with Crippen molar-refractivity contribution in [3.8, 4) is 0 Å². The Labute approximate surface area is 101 Å². The number of halogens is 1. The number of carbonyl (C=O) groups is 1. The molecule has 0 radical (unpaired) electrons. The van der Waals surface area contributed by atoms with Gasteiger partial charge in [-0.2, -0.15) is 0 Å². The molecule has 0 aliphatic carbocycles. The molecule has 1 aromatic rings. The van der Waals surface area contributed by atoms with Crippen LogP contribution in [-0.4, -0.2) is 18.0 Å². The number of carbonyl (C=O) groups excluding carboxylic acids is 1. The molecule has 0 aliphatic heterocycles. The molecule has 0 heterocycles. The number of non-ortho nitro benzene ring substituents is 1. The molecule has 6 heteroatoms. The van der Waals surface area contributed by atoms with E-state index < -0.39 is 4.92 Å². The molecule has 5 nitrogen and oxygen atoms in total. The number of aryl methyl sites for hydroxylation is 1. The number of nitrogens with zero attached hydrogens (tertiary/aromatic N) is 1. The summed E-state index contributed by atoms with van der Waals surface area (Å²) < 4.78 is 5.14. The Kier molecular flexibility index (Phi) is 4.42. The summed E-state index contributed by atoms with van der Waals surface area (Å²) in [6.45, 7) is 0. The van der Waals surface area contributed by atoms with Gasteiger partial charge in [-0.25, -0.2) is 0 Å². The SMILES string of the molecule is COC(=O)CCc1ccc([N+](=O)[O-])cc1Br. The van der Waals surface area contributed by atoms with E-state index in [0.717, 1.165) is 5.56 Å². The number of rotatable bonds is 4. The van der Waals surface area contributed by atoms with Gasteiger partial charge < -0.3 is 4.74 Å². The molecule has 1 aromatic carbocycles. The minimum atomic E-state index is -0.463. The molecule has 0 unspecified atom stereocenters. The van der Waals surface area contributed by atoms with Gasteiger partial charge in [-0.3, -0.25) is 14.9 Å². The van der Waals surface area contributed by atoms with Crippen molar-refractivity contribution >= 4 is 27.6 Å². The largest absolute Gasteiger partial charge is 0.469 e. The third kappa shape index (κ3) is 3.30. The minimum Gasteiger partial charge on any atom is -0.469 e. The first-order valence-electron chi connectivity index (χ1n) is 4.54. The Bertz CT molecular complexity index is 419. The molecule has 0 aliphatic rings. The molecular weight excluding hydrogens is 278 g/mol. The first-order chi connectivity index (χ1) is 7.54. The predicted octanol–water partition coefficient (Wildman–Crippen LogP) is 2.46. The van der Waals surface area contributed by atoms with Gasteiger partial charge in [-0.05, 0) is 12.0 Å². The van der Waals surface area contributed by atoms with Crippen molar-refractivity contribution < 1.29 is 14.5 Å². The van der Waals surface area contributed by atoms with Gasteiger partial charge in [0.25, 0.3) is 5.69 Å². The van der Waals surface area contributed by atoms with Crippen molar-refractivity contribution in [2.45, 2.75) is 12.8 Å². The minimum absolute atomic E-state index is 0.0219. The lowest BCUT2D eigenvalue weighted by Crippen LogP contribution is -2.02. The van der Waals surface area contributed by atoms with E-state index in [9.17, 15) is 14.9 Å². The number of ether oxygens (including phenoxy) is 1. The van der Waals surface area contributed by atoms with Gasteiger partial charge in [0, 0.05) is 23.0 Å². The lowest BCUT2D eigenvalue weighted by Gasteiger charge is -2.03. The van der Waals surface area contributed by atoms with Crippen molar-refractivity contribution in [3.63, 3.8) is 0 Å². The van der Waals surface area contributed by atoms with Crippen molar-refractivity contribution in [1.82, 2.24) is 0 Å². The molecule has 0 amide bonds. The third-order valence-corrected chi connectivity index (χ3v) is 2.81. The highest BCUT2D eigenvalue weighted by Crippen LogP contribution is 2.23. The van der Waals surface area contributed by atoms with E-state index in [0.29, 0.717) is 10.9 Å². The Hall–Kier alpha value is -1.43. The molecule has 0 N–H and O–H groups in total. The smallest absolute Gasteiger partial charge is 0.305 e. The molecule has 16 heavy (non-hydrogen) atoms. The summed E-state index contributed by atoms with van der Waals surface area (Å²) in [6, 6.07) is 4.47. The number of nitro benzene ring substituents is 1. The number of hydrogen-bond acceptors (Lipinski definition) is 4. The first-order valence-corrected chi connectivity index (χ1v) is 5.33. The van der Waals surface area contributed by atoms with E-state index in [1.807, 2.05) is 0 Å². The lowest BCUT2D eigenvalue weighted by atomic mass is 10.1. The van der Waals surface area contributed by atoms with E-state index in [2.05, 4.69) is 20.7 Å². The highest BCUT2D eigenvalue weighted by Gasteiger charge is 2.10. The average molecular weight is 288 g/mol. The van der Waals surface area contributed by atoms with Crippen LogP contribution in [-0.2, 0) is 16.0 Å². The fourth-order valence-corrected chi connectivity index (χ4v) is 1.76. The molecule has 0 saturated heterocycles. The number of hydrogen-bond donors (Lipinski definition) is 0. The van der Waals surface area contributed by atoms with Crippen LogP contribution in [0.5, 0.6) is 0 Å². The summed E-state index contributed by atoms with van der Waals surface area (Å²) >= 11 is 3.23. The maximum absolute atomic E-state index is 10.9. The number of nitro groups is 1. The third-order valence-electron chi connectivity index (χ3n) is 2.07. The monoisotopic (exact) mass is 287 g/mol. The highest BCUT2D eigenvalue weighted by atomic mass is 79.9. The second-order valence-electron chi connectivity index (χ2n) is 3.11. The fourth-order valence-electron chi connectivity index (χ4n) is 1.19. The molecule has 1 rings (SSSR count). The van der Waals surface area contributed by atoms with Crippen LogP contribution in [0.15, 0.2) is 22.7 Å². The van der Waals surface area contributed by atoms with E-state index >= 15 is 0 Å². The van der Waals surface area contributed by atoms with E-state index in [-0.39, 0.29) is 18.1 Å². The standard InChI is InChI=1S/C10H10BrNO4/c1-16-10(13)5-3-7-2-4-8(12(14)15)6-9(7)11/h2,4,6H,3,5H2,1H3. The molecule has 0 atom stereocenters. The summed E-state index contributed by atoms with van der Waals surface area (Å²) in [7, 11) is 1.33. The number of esters is 1. The van der Waals surface area contributed by atoms with Crippen LogP contribution in [0.25, 0.3) is 0 Å². The van der Waals surface area contributed by atoms with E-state index in [1.54, 1.807) is 6.07 Å². The van der Waals surface area contributed by atoms with Crippen molar-refractivity contribution in [2.24, 2.45) is 0 Å². The van der Waals surface area contributed by atoms with Crippen LogP contribution in [0.2, 0.25) is 0 Å². The number of benzene rings is 1. The normalized spacial score (nSPS) is 9.88. The average Bonchev–Trinajstić information content (AvgIpc) is 2.26. The maximum Gasteiger partial charge on any atom is 0.305 e. The Morgan fingerprint density at radius 3 is 2.75 bits per heavy atom. The Morgan fingerprint density at radius 2 is 2.25 bits per heavy atom. The van der Waals surface area contributed by atoms with Crippen LogP contribution in [0, 0.1) is 10.1 Å². The van der Waals surface area contributed by atoms with Gasteiger partial charge in [-0.15, -0.1) is 0 Å². The van der Waals surface area contributed by atoms with Gasteiger partial charge in [0.15, 0.2) is 0 Å². The lowest BCUT2D eigenvalue weighted by molar-refractivity contribution is -0.384. The molecule has 0 saturated carbocycles. The summed E-state index contributed by atoms with van der Waals surface area (Å²) in [5.74, 6) is -0.301. The topological polar surface area (TPSA) is 69.4 Å². The van der Waals surface area contributed by atoms with E-state index in [1.165, 1.54) is 19.2 Å². The van der Waals surface area contributed by atoms with Crippen molar-refractivity contribution in [2.75, 3.05) is 7.11 Å². The maximum atomic E-state index is 10.9. The van der Waals surface area contributed by atoms with Crippen LogP contribution in [0.3, 0.4) is 0 Å². The van der Waals surface area contributed by atoms with Crippen LogP contribution >= 0.6 is 15.9 Å². The highest BCUT2D eigenvalue weighted by molar-refractivity contribution is 9.10. The predicted molar refractivity (Wildman–Crippen MR) is 61.1 cm³/mol. The summed E-state index contributed by atoms with van der Waals surface area (Å²) in [6.07, 6.45) is 0.748.